The van der Waals surface area contributed by atoms with E-state index in [-0.39, 0.29) is 35.8 Å². The molecule has 5 rings (SSSR count). The van der Waals surface area contributed by atoms with Gasteiger partial charge in [0, 0.05) is 23.1 Å². The van der Waals surface area contributed by atoms with Crippen LogP contribution in [0.25, 0.3) is 5.73 Å². The van der Waals surface area contributed by atoms with Gasteiger partial charge in [-0.1, -0.05) is 60.3 Å². The van der Waals surface area contributed by atoms with Gasteiger partial charge in [0.1, 0.15) is 17.6 Å². The van der Waals surface area contributed by atoms with Gasteiger partial charge in [0.25, 0.3) is 0 Å². The summed E-state index contributed by atoms with van der Waals surface area (Å²) in [4.78, 5) is 22.5. The summed E-state index contributed by atoms with van der Waals surface area (Å²) >= 11 is 12.4. The minimum absolute atomic E-state index is 0.0182. The zero-order valence-corrected chi connectivity index (χ0v) is 23.7. The number of hydrogen-bond donors (Lipinski definition) is 0. The molecular formula is C30H28Cl2F3N4O2-. The van der Waals surface area contributed by atoms with Crippen LogP contribution >= 0.6 is 23.2 Å². The van der Waals surface area contributed by atoms with Crippen LogP contribution in [0.5, 0.6) is 5.75 Å². The first-order valence-corrected chi connectivity index (χ1v) is 14.0. The summed E-state index contributed by atoms with van der Waals surface area (Å²) in [6.45, 7) is 2.58. The van der Waals surface area contributed by atoms with Crippen LogP contribution in [0.4, 0.5) is 18.0 Å². The maximum Gasteiger partial charge on any atom is 0.416 e. The monoisotopic (exact) mass is 603 g/mol. The van der Waals surface area contributed by atoms with E-state index >= 15 is 0 Å². The van der Waals surface area contributed by atoms with E-state index in [0.717, 1.165) is 23.3 Å². The van der Waals surface area contributed by atoms with Crippen LogP contribution in [-0.4, -0.2) is 47.4 Å². The molecule has 2 aliphatic heterocycles. The number of carbonyl (C=O) groups excluding carboxylic acids is 1. The molecule has 216 valence electrons. The van der Waals surface area contributed by atoms with E-state index in [1.165, 1.54) is 6.07 Å². The van der Waals surface area contributed by atoms with Crippen molar-refractivity contribution in [3.63, 3.8) is 0 Å². The molecule has 3 aromatic carbocycles. The summed E-state index contributed by atoms with van der Waals surface area (Å²) in [5.74, 6) is 0.190. The lowest BCUT2D eigenvalue weighted by Gasteiger charge is -2.39. The van der Waals surface area contributed by atoms with E-state index in [1.807, 2.05) is 24.3 Å². The average molecular weight is 604 g/mol. The number of nitrogens with zero attached hydrogens (tertiary/aromatic N) is 3. The highest BCUT2D eigenvalue weighted by molar-refractivity contribution is 6.30. The molecule has 1 fully saturated rings. The van der Waals surface area contributed by atoms with Crippen molar-refractivity contribution < 1.29 is 22.7 Å². The predicted octanol–water partition coefficient (Wildman–Crippen LogP) is 8.59. The van der Waals surface area contributed by atoms with Gasteiger partial charge in [-0.25, -0.2) is 4.79 Å². The zero-order valence-electron chi connectivity index (χ0n) is 22.2. The van der Waals surface area contributed by atoms with Crippen LogP contribution in [0.3, 0.4) is 0 Å². The molecule has 2 heterocycles. The number of rotatable bonds is 5. The minimum Gasteiger partial charge on any atom is -0.675 e. The summed E-state index contributed by atoms with van der Waals surface area (Å²) in [6.07, 6.45) is -3.51. The Morgan fingerprint density at radius 2 is 1.56 bits per heavy atom. The second-order valence-corrected chi connectivity index (χ2v) is 10.9. The van der Waals surface area contributed by atoms with Crippen LogP contribution in [0, 0.1) is 0 Å². The molecule has 0 spiro atoms. The van der Waals surface area contributed by atoms with Gasteiger partial charge >= 0.3 is 12.2 Å². The summed E-state index contributed by atoms with van der Waals surface area (Å²) in [6, 6.07) is 15.6. The van der Waals surface area contributed by atoms with Crippen molar-refractivity contribution in [3.05, 3.63) is 105 Å². The fourth-order valence-corrected chi connectivity index (χ4v) is 5.49. The van der Waals surface area contributed by atoms with Gasteiger partial charge in [0.05, 0.1) is 23.8 Å². The van der Waals surface area contributed by atoms with Gasteiger partial charge in [-0.05, 0) is 60.5 Å². The number of likely N-dealkylation sites (tertiary alicyclic amines) is 1. The first-order chi connectivity index (χ1) is 19.6. The Balaban J connectivity index is 1.70. The second-order valence-electron chi connectivity index (χ2n) is 10.0. The van der Waals surface area contributed by atoms with Gasteiger partial charge in [-0.2, -0.15) is 13.2 Å². The molecule has 6 nitrogen and oxygen atoms in total. The molecule has 1 N–H and O–H groups in total. The Hall–Kier alpha value is -3.27. The molecule has 2 amide bonds. The number of amidine groups is 1. The highest BCUT2D eigenvalue weighted by Crippen LogP contribution is 2.46. The number of benzene rings is 3. The molecule has 11 heteroatoms. The zero-order chi connectivity index (χ0) is 29.3. The molecule has 0 radical (unpaired) electrons. The van der Waals surface area contributed by atoms with Crippen molar-refractivity contribution in [3.8, 4) is 5.75 Å². The fraction of sp³-hybridized carbons (Fsp3) is 0.333. The van der Waals surface area contributed by atoms with Gasteiger partial charge in [-0.15, -0.1) is 6.04 Å². The molecular weight excluding hydrogens is 576 g/mol. The molecule has 2 unspecified atom stereocenters. The molecule has 2 aliphatic rings. The molecule has 0 bridgehead atoms. The second kappa shape index (κ2) is 11.9. The number of urea groups is 1. The highest BCUT2D eigenvalue weighted by atomic mass is 35.5. The molecule has 1 saturated heterocycles. The minimum atomic E-state index is -4.57. The third kappa shape index (κ3) is 6.17. The molecule has 3 aromatic rings. The van der Waals surface area contributed by atoms with E-state index in [0.29, 0.717) is 36.0 Å². The SMILES string of the molecule is CCOc1cc(C(F)(F)F)ccc1C1=NC(c2ccc(Cl)cc2)C(c2ccc(Cl)cc2)N1C(=O)N1CCC([NH-])CC1. The summed E-state index contributed by atoms with van der Waals surface area (Å²) in [7, 11) is 0. The maximum absolute atomic E-state index is 14.3. The predicted molar refractivity (Wildman–Crippen MR) is 154 cm³/mol. The first-order valence-electron chi connectivity index (χ1n) is 13.3. The molecule has 2 atom stereocenters. The number of piperidine rings is 1. The largest absolute Gasteiger partial charge is 0.675 e. The maximum atomic E-state index is 14.3. The number of amides is 2. The quantitative estimate of drug-likeness (QED) is 0.293. The fourth-order valence-electron chi connectivity index (χ4n) is 5.24. The van der Waals surface area contributed by atoms with E-state index in [9.17, 15) is 18.0 Å². The summed E-state index contributed by atoms with van der Waals surface area (Å²) in [5.41, 5.74) is 9.02. The Labute approximate surface area is 246 Å². The van der Waals surface area contributed by atoms with Gasteiger partial charge in [-0.3, -0.25) is 9.89 Å². The number of aliphatic imine (C=N–C) groups is 1. The smallest absolute Gasteiger partial charge is 0.416 e. The van der Waals surface area contributed by atoms with Crippen LogP contribution < -0.4 is 4.74 Å². The van der Waals surface area contributed by atoms with Crippen molar-refractivity contribution in [1.82, 2.24) is 9.80 Å². The molecule has 0 aliphatic carbocycles. The lowest BCUT2D eigenvalue weighted by Crippen LogP contribution is -2.49. The van der Waals surface area contributed by atoms with Crippen LogP contribution in [0.2, 0.25) is 10.0 Å². The Bertz CT molecular complexity index is 1420. The third-order valence-corrected chi connectivity index (χ3v) is 7.82. The number of nitrogens with one attached hydrogen (secondary N) is 1. The molecule has 0 saturated carbocycles. The van der Waals surface area contributed by atoms with Crippen molar-refractivity contribution in [2.75, 3.05) is 19.7 Å². The number of carbonyl (C=O) groups is 1. The normalized spacial score (nSPS) is 19.8. The molecule has 41 heavy (non-hydrogen) atoms. The van der Waals surface area contributed by atoms with E-state index in [4.69, 9.17) is 38.7 Å². The van der Waals surface area contributed by atoms with Gasteiger partial charge < -0.3 is 15.4 Å². The number of alkyl halides is 3. The van der Waals surface area contributed by atoms with Crippen molar-refractivity contribution in [2.45, 2.75) is 44.1 Å². The van der Waals surface area contributed by atoms with Crippen LogP contribution in [0.1, 0.15) is 54.1 Å². The third-order valence-electron chi connectivity index (χ3n) is 7.31. The molecule has 0 aromatic heterocycles. The first kappa shape index (κ1) is 29.2. The Morgan fingerprint density at radius 3 is 2.12 bits per heavy atom. The standard InChI is InChI=1S/C30H28Cl2F3N4O2/c1-2-41-25-17-20(30(33,34)35)7-12-24(25)28-37-26(18-3-8-21(31)9-4-18)27(19-5-10-22(32)11-6-19)39(28)29(40)38-15-13-23(36)14-16-38/h3-12,17,23,26-27,36H,2,13-16H2,1H3/q-1. The van der Waals surface area contributed by atoms with E-state index < -0.39 is 23.8 Å². The average Bonchev–Trinajstić information content (AvgIpc) is 3.34. The van der Waals surface area contributed by atoms with Crippen molar-refractivity contribution in [1.29, 1.82) is 0 Å². The highest BCUT2D eigenvalue weighted by Gasteiger charge is 2.45. The topological polar surface area (TPSA) is 68.9 Å². The van der Waals surface area contributed by atoms with Gasteiger partial charge in [0.15, 0.2) is 0 Å². The van der Waals surface area contributed by atoms with Crippen molar-refractivity contribution in [2.24, 2.45) is 4.99 Å². The van der Waals surface area contributed by atoms with Crippen molar-refractivity contribution >= 4 is 35.1 Å². The Morgan fingerprint density at radius 1 is 0.976 bits per heavy atom. The van der Waals surface area contributed by atoms with E-state index in [2.05, 4.69) is 0 Å². The number of halogens is 5. The summed E-state index contributed by atoms with van der Waals surface area (Å²) in [5, 5.41) is 1.05. The van der Waals surface area contributed by atoms with E-state index in [1.54, 1.807) is 41.0 Å². The van der Waals surface area contributed by atoms with Crippen LogP contribution in [-0.2, 0) is 6.18 Å². The lowest BCUT2D eigenvalue weighted by molar-refractivity contribution is -0.137. The van der Waals surface area contributed by atoms with Crippen LogP contribution in [0.15, 0.2) is 71.7 Å². The lowest BCUT2D eigenvalue weighted by atomic mass is 9.93. The number of ether oxygens (including phenoxy) is 1. The number of hydrogen-bond acceptors (Lipinski definition) is 3. The summed E-state index contributed by atoms with van der Waals surface area (Å²) < 4.78 is 46.6. The Kier molecular flexibility index (Phi) is 8.50. The van der Waals surface area contributed by atoms with Gasteiger partial charge in [0.2, 0.25) is 0 Å².